The minimum absolute atomic E-state index is 0.477. The number of carbonyl (C=O) groups excluding carboxylic acids is 3. The molecule has 5 heteroatoms. The third-order valence-corrected chi connectivity index (χ3v) is 0.923. The fourth-order valence-electron chi connectivity index (χ4n) is 0.434. The molecule has 0 unspecified atom stereocenters. The van der Waals surface area contributed by atoms with Crippen molar-refractivity contribution in [3.05, 3.63) is 37.6 Å². The molecule has 1 heterocycles. The first-order valence-corrected chi connectivity index (χ1v) is 3.48. The Morgan fingerprint density at radius 1 is 1.29 bits per heavy atom. The summed E-state index contributed by atoms with van der Waals surface area (Å²) >= 11 is 0. The molecule has 0 radical (unpaired) electrons. The van der Waals surface area contributed by atoms with Crippen molar-refractivity contribution in [3.63, 3.8) is 0 Å². The normalized spacial score (nSPS) is 12.3. The maximum absolute atomic E-state index is 10.0. The molecule has 0 atom stereocenters. The molecule has 0 aromatic heterocycles. The van der Waals surface area contributed by atoms with Gasteiger partial charge in [0.25, 0.3) is 0 Å². The highest BCUT2D eigenvalue weighted by molar-refractivity contribution is 6.04. The number of esters is 3. The van der Waals surface area contributed by atoms with Crippen molar-refractivity contribution < 1.29 is 23.9 Å². The van der Waals surface area contributed by atoms with Gasteiger partial charge in [-0.2, -0.15) is 0 Å². The summed E-state index contributed by atoms with van der Waals surface area (Å²) in [5, 5.41) is 0. The molecule has 0 amide bonds. The Kier molecular flexibility index (Phi) is 5.37. The van der Waals surface area contributed by atoms with E-state index in [0.717, 1.165) is 24.5 Å². The van der Waals surface area contributed by atoms with Gasteiger partial charge in [-0.1, -0.05) is 13.2 Å². The number of cyclic esters (lactones) is 2. The fraction of sp³-hybridized carbons (Fsp3) is 0. The number of carbonyl (C=O) groups is 3. The first kappa shape index (κ1) is 11.8. The topological polar surface area (TPSA) is 69.7 Å². The molecule has 1 aliphatic heterocycles. The van der Waals surface area contributed by atoms with E-state index < -0.39 is 17.9 Å². The minimum Gasteiger partial charge on any atom is -0.432 e. The van der Waals surface area contributed by atoms with Gasteiger partial charge in [0.1, 0.15) is 0 Å². The molecule has 0 bridgehead atoms. The highest BCUT2D eigenvalue weighted by Gasteiger charge is 2.10. The van der Waals surface area contributed by atoms with Crippen LogP contribution in [0.3, 0.4) is 0 Å². The van der Waals surface area contributed by atoms with Crippen LogP contribution >= 0.6 is 0 Å². The summed E-state index contributed by atoms with van der Waals surface area (Å²) in [5.74, 6) is -1.63. The average molecular weight is 196 g/mol. The first-order chi connectivity index (χ1) is 6.60. The highest BCUT2D eigenvalue weighted by Crippen LogP contribution is 1.92. The van der Waals surface area contributed by atoms with Crippen LogP contribution in [-0.2, 0) is 23.9 Å². The lowest BCUT2D eigenvalue weighted by Crippen LogP contribution is -1.96. The van der Waals surface area contributed by atoms with Crippen molar-refractivity contribution in [2.24, 2.45) is 0 Å². The number of rotatable bonds is 2. The third kappa shape index (κ3) is 5.48. The van der Waals surface area contributed by atoms with Crippen molar-refractivity contribution in [2.75, 3.05) is 0 Å². The summed E-state index contributed by atoms with van der Waals surface area (Å²) in [6.07, 6.45) is 4.30. The monoisotopic (exact) mass is 196 g/mol. The minimum atomic E-state index is -0.579. The molecule has 0 aromatic carbocycles. The van der Waals surface area contributed by atoms with Crippen LogP contribution in [0.5, 0.6) is 0 Å². The van der Waals surface area contributed by atoms with Gasteiger partial charge in [0.05, 0.1) is 6.26 Å². The van der Waals surface area contributed by atoms with Gasteiger partial charge in [-0.05, 0) is 0 Å². The van der Waals surface area contributed by atoms with E-state index in [-0.39, 0.29) is 0 Å². The summed E-state index contributed by atoms with van der Waals surface area (Å²) in [6, 6.07) is 0. The van der Waals surface area contributed by atoms with E-state index in [2.05, 4.69) is 22.6 Å². The first-order valence-electron chi connectivity index (χ1n) is 3.48. The lowest BCUT2D eigenvalue weighted by molar-refractivity contribution is -0.150. The second-order valence-electron chi connectivity index (χ2n) is 1.88. The fourth-order valence-corrected chi connectivity index (χ4v) is 0.434. The summed E-state index contributed by atoms with van der Waals surface area (Å²) < 4.78 is 8.17. The second-order valence-corrected chi connectivity index (χ2v) is 1.88. The molecule has 5 nitrogen and oxygen atoms in total. The van der Waals surface area contributed by atoms with E-state index >= 15 is 0 Å². The van der Waals surface area contributed by atoms with Crippen LogP contribution in [0.25, 0.3) is 0 Å². The highest BCUT2D eigenvalue weighted by atomic mass is 16.6. The van der Waals surface area contributed by atoms with Crippen LogP contribution in [0.2, 0.25) is 0 Å². The largest absolute Gasteiger partial charge is 0.432 e. The third-order valence-electron chi connectivity index (χ3n) is 0.923. The molecule has 0 fully saturated rings. The molecule has 1 aliphatic rings. The van der Waals surface area contributed by atoms with Gasteiger partial charge in [0.15, 0.2) is 0 Å². The molecular formula is C9H8O5. The predicted octanol–water partition coefficient (Wildman–Crippen LogP) is 0.485. The van der Waals surface area contributed by atoms with Crippen LogP contribution in [0.15, 0.2) is 37.6 Å². The number of hydrogen-bond donors (Lipinski definition) is 0. The Hall–Kier alpha value is -2.17. The van der Waals surface area contributed by atoms with Crippen molar-refractivity contribution in [1.29, 1.82) is 0 Å². The second kappa shape index (κ2) is 6.36. The number of hydrogen-bond acceptors (Lipinski definition) is 5. The predicted molar refractivity (Wildman–Crippen MR) is 46.7 cm³/mol. The Balaban J connectivity index is 0.000000241. The zero-order valence-corrected chi connectivity index (χ0v) is 7.26. The van der Waals surface area contributed by atoms with Gasteiger partial charge in [-0.15, -0.1) is 0 Å². The van der Waals surface area contributed by atoms with Crippen LogP contribution in [0.4, 0.5) is 0 Å². The molecule has 74 valence electrons. The van der Waals surface area contributed by atoms with E-state index in [9.17, 15) is 14.4 Å². The van der Waals surface area contributed by atoms with Crippen LogP contribution < -0.4 is 0 Å². The van der Waals surface area contributed by atoms with Gasteiger partial charge < -0.3 is 9.47 Å². The lowest BCUT2D eigenvalue weighted by Gasteiger charge is -1.85. The van der Waals surface area contributed by atoms with Crippen molar-refractivity contribution in [1.82, 2.24) is 0 Å². The maximum atomic E-state index is 10.0. The van der Waals surface area contributed by atoms with Crippen LogP contribution in [0.1, 0.15) is 0 Å². The van der Waals surface area contributed by atoms with E-state index in [1.807, 2.05) is 0 Å². The SMILES string of the molecule is C=COC(=O)C=C.O=C1C=CC(=O)O1. The van der Waals surface area contributed by atoms with Gasteiger partial charge in [0, 0.05) is 18.2 Å². The Morgan fingerprint density at radius 3 is 1.93 bits per heavy atom. The van der Waals surface area contributed by atoms with Crippen LogP contribution in [0, 0.1) is 0 Å². The molecule has 0 N–H and O–H groups in total. The molecule has 0 aromatic rings. The smallest absolute Gasteiger partial charge is 0.338 e. The lowest BCUT2D eigenvalue weighted by atomic mass is 10.6. The summed E-state index contributed by atoms with van der Waals surface area (Å²) in [6.45, 7) is 6.31. The molecule has 0 saturated heterocycles. The van der Waals surface area contributed by atoms with E-state index in [4.69, 9.17) is 0 Å². The maximum Gasteiger partial charge on any atom is 0.338 e. The molecule has 0 spiro atoms. The number of ether oxygens (including phenoxy) is 2. The van der Waals surface area contributed by atoms with Gasteiger partial charge in [0.2, 0.25) is 0 Å². The van der Waals surface area contributed by atoms with Gasteiger partial charge in [-0.3, -0.25) is 0 Å². The van der Waals surface area contributed by atoms with Crippen molar-refractivity contribution in [3.8, 4) is 0 Å². The standard InChI is InChI=1S/C5H6O2.C4H2O3/c1-3-5(6)7-4-2;5-3-1-2-4(6)7-3/h3-4H,1-2H2;1-2H. The van der Waals surface area contributed by atoms with Crippen LogP contribution in [-0.4, -0.2) is 17.9 Å². The van der Waals surface area contributed by atoms with Gasteiger partial charge >= 0.3 is 17.9 Å². The van der Waals surface area contributed by atoms with E-state index in [1.54, 1.807) is 0 Å². The van der Waals surface area contributed by atoms with E-state index in [0.29, 0.717) is 0 Å². The van der Waals surface area contributed by atoms with Crippen molar-refractivity contribution >= 4 is 17.9 Å². The molecular weight excluding hydrogens is 188 g/mol. The molecule has 14 heavy (non-hydrogen) atoms. The Bertz CT molecular complexity index is 282. The Labute approximate surface area is 80.3 Å². The molecule has 0 aliphatic carbocycles. The zero-order valence-electron chi connectivity index (χ0n) is 7.26. The molecule has 0 saturated carbocycles. The van der Waals surface area contributed by atoms with Gasteiger partial charge in [-0.25, -0.2) is 14.4 Å². The quantitative estimate of drug-likeness (QED) is 0.278. The zero-order chi connectivity index (χ0) is 11.0. The summed E-state index contributed by atoms with van der Waals surface area (Å²) in [4.78, 5) is 29.8. The Morgan fingerprint density at radius 2 is 1.79 bits per heavy atom. The van der Waals surface area contributed by atoms with Crippen molar-refractivity contribution in [2.45, 2.75) is 0 Å². The van der Waals surface area contributed by atoms with E-state index in [1.165, 1.54) is 0 Å². The average Bonchev–Trinajstić information content (AvgIpc) is 2.51. The summed E-state index contributed by atoms with van der Waals surface area (Å²) in [7, 11) is 0. The summed E-state index contributed by atoms with van der Waals surface area (Å²) in [5.41, 5.74) is 0. The molecule has 1 rings (SSSR count).